The molecule has 6 heteroatoms. The van der Waals surface area contributed by atoms with E-state index in [-0.39, 0.29) is 12.4 Å². The first-order valence-electron chi connectivity index (χ1n) is 7.65. The molecule has 0 bridgehead atoms. The van der Waals surface area contributed by atoms with E-state index in [0.29, 0.717) is 34.5 Å². The number of methoxy groups -OCH3 is 1. The molecule has 0 heterocycles. The molecule has 1 N–H and O–H groups in total. The molecule has 0 amide bonds. The van der Waals surface area contributed by atoms with Gasteiger partial charge < -0.3 is 14.8 Å². The van der Waals surface area contributed by atoms with Gasteiger partial charge in [0.25, 0.3) is 0 Å². The zero-order valence-corrected chi connectivity index (χ0v) is 15.0. The normalized spacial score (nSPS) is 10.8. The molecule has 2 aromatic carbocycles. The minimum atomic E-state index is -0.379. The van der Waals surface area contributed by atoms with Gasteiger partial charge >= 0.3 is 0 Å². The van der Waals surface area contributed by atoms with Crippen LogP contribution in [0.15, 0.2) is 36.4 Å². The van der Waals surface area contributed by atoms with Crippen molar-refractivity contribution in [3.63, 3.8) is 0 Å². The Kier molecular flexibility index (Phi) is 7.79. The van der Waals surface area contributed by atoms with Crippen molar-refractivity contribution in [3.8, 4) is 5.75 Å². The zero-order valence-electron chi connectivity index (χ0n) is 13.5. The molecule has 0 atom stereocenters. The summed E-state index contributed by atoms with van der Waals surface area (Å²) in [5.41, 5.74) is 1.25. The van der Waals surface area contributed by atoms with Crippen LogP contribution in [0.25, 0.3) is 0 Å². The largest absolute Gasteiger partial charge is 0.488 e. The molecule has 0 unspecified atom stereocenters. The van der Waals surface area contributed by atoms with Crippen LogP contribution in [-0.4, -0.2) is 20.3 Å². The second kappa shape index (κ2) is 9.84. The minimum Gasteiger partial charge on any atom is -0.488 e. The molecule has 24 heavy (non-hydrogen) atoms. The zero-order chi connectivity index (χ0) is 17.4. The number of rotatable bonds is 9. The summed E-state index contributed by atoms with van der Waals surface area (Å²) in [6.45, 7) is 2.19. The van der Waals surface area contributed by atoms with Crippen LogP contribution >= 0.6 is 23.2 Å². The number of benzene rings is 2. The average molecular weight is 372 g/mol. The molecule has 0 fully saturated rings. The van der Waals surface area contributed by atoms with E-state index >= 15 is 0 Å². The van der Waals surface area contributed by atoms with Gasteiger partial charge in [0.2, 0.25) is 0 Å². The van der Waals surface area contributed by atoms with Crippen LogP contribution in [0.1, 0.15) is 17.5 Å². The van der Waals surface area contributed by atoms with Crippen molar-refractivity contribution in [1.82, 2.24) is 5.32 Å². The molecule has 0 saturated carbocycles. The Morgan fingerprint density at radius 1 is 1.17 bits per heavy atom. The Bertz CT molecular complexity index is 647. The van der Waals surface area contributed by atoms with Crippen molar-refractivity contribution in [2.75, 3.05) is 20.3 Å². The molecule has 2 rings (SSSR count). The molecule has 0 spiro atoms. The molecule has 2 aromatic rings. The number of nitrogens with one attached hydrogen (secondary N) is 1. The van der Waals surface area contributed by atoms with Crippen molar-refractivity contribution in [1.29, 1.82) is 0 Å². The Labute approximate surface area is 151 Å². The second-order valence-electron chi connectivity index (χ2n) is 5.26. The summed E-state index contributed by atoms with van der Waals surface area (Å²) in [7, 11) is 1.68. The fraction of sp³-hybridized carbons (Fsp3) is 0.333. The third-order valence-corrected chi connectivity index (χ3v) is 4.06. The van der Waals surface area contributed by atoms with Crippen molar-refractivity contribution >= 4 is 23.2 Å². The molecule has 0 saturated heterocycles. The van der Waals surface area contributed by atoms with Gasteiger partial charge in [0, 0.05) is 36.4 Å². The first-order valence-corrected chi connectivity index (χ1v) is 8.41. The van der Waals surface area contributed by atoms with Crippen LogP contribution in [0.4, 0.5) is 4.39 Å². The maximum atomic E-state index is 13.8. The molecule has 130 valence electrons. The molecular formula is C18H20Cl2FNO2. The molecule has 3 nitrogen and oxygen atoms in total. The fourth-order valence-corrected chi connectivity index (χ4v) is 2.62. The minimum absolute atomic E-state index is 0.0593. The van der Waals surface area contributed by atoms with Crippen molar-refractivity contribution in [2.45, 2.75) is 19.6 Å². The van der Waals surface area contributed by atoms with Gasteiger partial charge in [-0.3, -0.25) is 0 Å². The average Bonchev–Trinajstić information content (AvgIpc) is 2.56. The van der Waals surface area contributed by atoms with Crippen LogP contribution < -0.4 is 10.1 Å². The standard InChI is InChI=1S/C18H20Cl2FNO2/c1-23-9-3-8-22-11-13-10-14(19)6-7-18(13)24-12-15-16(20)4-2-5-17(15)21/h2,4-7,10,22H,3,8-9,11-12H2,1H3. The van der Waals surface area contributed by atoms with Gasteiger partial charge in [-0.15, -0.1) is 0 Å². The fourth-order valence-electron chi connectivity index (χ4n) is 2.21. The third kappa shape index (κ3) is 5.64. The molecule has 0 aliphatic heterocycles. The Morgan fingerprint density at radius 2 is 2.00 bits per heavy atom. The lowest BCUT2D eigenvalue weighted by Gasteiger charge is -2.14. The van der Waals surface area contributed by atoms with Crippen LogP contribution in [0.2, 0.25) is 10.0 Å². The summed E-state index contributed by atoms with van der Waals surface area (Å²) in [6.07, 6.45) is 0.915. The van der Waals surface area contributed by atoms with Gasteiger partial charge in [-0.25, -0.2) is 4.39 Å². The lowest BCUT2D eigenvalue weighted by atomic mass is 10.2. The van der Waals surface area contributed by atoms with Gasteiger partial charge in [0.05, 0.1) is 5.02 Å². The van der Waals surface area contributed by atoms with Gasteiger partial charge in [-0.1, -0.05) is 29.3 Å². The van der Waals surface area contributed by atoms with Gasteiger partial charge in [0.1, 0.15) is 18.2 Å². The summed E-state index contributed by atoms with van der Waals surface area (Å²) in [6, 6.07) is 9.94. The molecular weight excluding hydrogens is 352 g/mol. The highest BCUT2D eigenvalue weighted by Crippen LogP contribution is 2.26. The topological polar surface area (TPSA) is 30.5 Å². The van der Waals surface area contributed by atoms with Crippen LogP contribution in [-0.2, 0) is 17.9 Å². The number of ether oxygens (including phenoxy) is 2. The van der Waals surface area contributed by atoms with Gasteiger partial charge in [0.15, 0.2) is 0 Å². The van der Waals surface area contributed by atoms with Gasteiger partial charge in [-0.05, 0) is 43.3 Å². The summed E-state index contributed by atoms with van der Waals surface area (Å²) < 4.78 is 24.6. The lowest BCUT2D eigenvalue weighted by Crippen LogP contribution is -2.17. The van der Waals surface area contributed by atoms with E-state index in [9.17, 15) is 4.39 Å². The summed E-state index contributed by atoms with van der Waals surface area (Å²) in [4.78, 5) is 0. The highest BCUT2D eigenvalue weighted by Gasteiger charge is 2.10. The molecule has 0 aliphatic carbocycles. The summed E-state index contributed by atoms with van der Waals surface area (Å²) >= 11 is 12.1. The maximum absolute atomic E-state index is 13.8. The smallest absolute Gasteiger partial charge is 0.131 e. The SMILES string of the molecule is COCCCNCc1cc(Cl)ccc1OCc1c(F)cccc1Cl. The molecule has 0 aliphatic rings. The van der Waals surface area contributed by atoms with Crippen LogP contribution in [0, 0.1) is 5.82 Å². The quantitative estimate of drug-likeness (QED) is 0.639. The number of hydrogen-bond acceptors (Lipinski definition) is 3. The van der Waals surface area contributed by atoms with Crippen molar-refractivity contribution in [2.24, 2.45) is 0 Å². The molecule has 0 radical (unpaired) electrons. The predicted octanol–water partition coefficient (Wildman–Crippen LogP) is 4.84. The maximum Gasteiger partial charge on any atom is 0.131 e. The summed E-state index contributed by atoms with van der Waals surface area (Å²) in [5.74, 6) is 0.272. The van der Waals surface area contributed by atoms with E-state index in [4.69, 9.17) is 32.7 Å². The van der Waals surface area contributed by atoms with Crippen molar-refractivity contribution in [3.05, 3.63) is 63.4 Å². The predicted molar refractivity (Wildman–Crippen MR) is 95.4 cm³/mol. The van der Waals surface area contributed by atoms with E-state index in [0.717, 1.165) is 18.5 Å². The first kappa shape index (κ1) is 19.0. The van der Waals surface area contributed by atoms with E-state index in [1.165, 1.54) is 6.07 Å². The second-order valence-corrected chi connectivity index (χ2v) is 6.11. The highest BCUT2D eigenvalue weighted by atomic mass is 35.5. The van der Waals surface area contributed by atoms with E-state index in [2.05, 4.69) is 5.32 Å². The van der Waals surface area contributed by atoms with Crippen LogP contribution in [0.5, 0.6) is 5.75 Å². The van der Waals surface area contributed by atoms with Crippen molar-refractivity contribution < 1.29 is 13.9 Å². The first-order chi connectivity index (χ1) is 11.6. The van der Waals surface area contributed by atoms with Gasteiger partial charge in [-0.2, -0.15) is 0 Å². The number of halogens is 3. The Morgan fingerprint density at radius 3 is 2.75 bits per heavy atom. The monoisotopic (exact) mass is 371 g/mol. The summed E-state index contributed by atoms with van der Waals surface area (Å²) in [5, 5.41) is 4.28. The molecule has 0 aromatic heterocycles. The van der Waals surface area contributed by atoms with Crippen LogP contribution in [0.3, 0.4) is 0 Å². The van der Waals surface area contributed by atoms with E-state index < -0.39 is 0 Å². The number of hydrogen-bond donors (Lipinski definition) is 1. The lowest BCUT2D eigenvalue weighted by molar-refractivity contribution is 0.194. The van der Waals surface area contributed by atoms with E-state index in [1.54, 1.807) is 31.4 Å². The highest BCUT2D eigenvalue weighted by molar-refractivity contribution is 6.31. The Balaban J connectivity index is 2.01. The van der Waals surface area contributed by atoms with E-state index in [1.807, 2.05) is 6.07 Å². The third-order valence-electron chi connectivity index (χ3n) is 3.47. The Hall–Kier alpha value is -1.33.